The van der Waals surface area contributed by atoms with Crippen molar-refractivity contribution in [1.29, 1.82) is 0 Å². The van der Waals surface area contributed by atoms with Gasteiger partial charge in [0, 0.05) is 26.4 Å². The molecular formula is C15H24N2O3. The van der Waals surface area contributed by atoms with Crippen LogP contribution in [-0.4, -0.2) is 29.8 Å². The summed E-state index contributed by atoms with van der Waals surface area (Å²) in [6.45, 7) is 5.27. The van der Waals surface area contributed by atoms with Crippen LogP contribution in [0.5, 0.6) is 0 Å². The number of nitrogens with one attached hydrogen (secondary N) is 1. The van der Waals surface area contributed by atoms with E-state index in [4.69, 9.17) is 4.42 Å². The van der Waals surface area contributed by atoms with Crippen molar-refractivity contribution in [3.05, 3.63) is 24.2 Å². The van der Waals surface area contributed by atoms with Gasteiger partial charge in [-0.05, 0) is 18.6 Å². The van der Waals surface area contributed by atoms with Gasteiger partial charge in [-0.3, -0.25) is 9.59 Å². The number of hydrogen-bond acceptors (Lipinski definition) is 3. The summed E-state index contributed by atoms with van der Waals surface area (Å²) < 4.78 is 5.13. The lowest BCUT2D eigenvalue weighted by molar-refractivity contribution is -0.129. The average molecular weight is 280 g/mol. The van der Waals surface area contributed by atoms with E-state index in [2.05, 4.69) is 12.2 Å². The van der Waals surface area contributed by atoms with Crippen LogP contribution in [0.2, 0.25) is 0 Å². The Kier molecular flexibility index (Phi) is 7.47. The Morgan fingerprint density at radius 1 is 1.30 bits per heavy atom. The molecule has 1 rings (SSSR count). The van der Waals surface area contributed by atoms with Gasteiger partial charge in [0.05, 0.1) is 12.8 Å². The molecule has 1 N–H and O–H groups in total. The van der Waals surface area contributed by atoms with Gasteiger partial charge >= 0.3 is 0 Å². The predicted octanol–water partition coefficient (Wildman–Crippen LogP) is 2.32. The Hall–Kier alpha value is -1.78. The molecule has 1 aromatic rings. The zero-order chi connectivity index (χ0) is 14.8. The zero-order valence-corrected chi connectivity index (χ0v) is 12.4. The van der Waals surface area contributed by atoms with Crippen molar-refractivity contribution in [3.63, 3.8) is 0 Å². The predicted molar refractivity (Wildman–Crippen MR) is 77.0 cm³/mol. The topological polar surface area (TPSA) is 62.6 Å². The normalized spacial score (nSPS) is 10.3. The highest BCUT2D eigenvalue weighted by Crippen LogP contribution is 2.01. The van der Waals surface area contributed by atoms with Gasteiger partial charge in [0.2, 0.25) is 11.8 Å². The molecule has 0 saturated heterocycles. The standard InChI is InChI=1S/C15H24N2O3/c1-3-4-5-9-17(13(2)18)10-8-15(19)16-12-14-7-6-11-20-14/h6-7,11H,3-5,8-10,12H2,1-2H3,(H,16,19). The molecule has 0 fully saturated rings. The molecule has 1 aromatic heterocycles. The molecular weight excluding hydrogens is 256 g/mol. The second-order valence-electron chi connectivity index (χ2n) is 4.82. The van der Waals surface area contributed by atoms with E-state index in [1.807, 2.05) is 6.07 Å². The van der Waals surface area contributed by atoms with E-state index in [9.17, 15) is 9.59 Å². The Balaban J connectivity index is 2.23. The minimum absolute atomic E-state index is 0.0277. The highest BCUT2D eigenvalue weighted by atomic mass is 16.3. The lowest BCUT2D eigenvalue weighted by atomic mass is 10.2. The fraction of sp³-hybridized carbons (Fsp3) is 0.600. The quantitative estimate of drug-likeness (QED) is 0.706. The molecule has 0 spiro atoms. The average Bonchev–Trinajstić information content (AvgIpc) is 2.93. The molecule has 0 aliphatic carbocycles. The summed E-state index contributed by atoms with van der Waals surface area (Å²) in [6, 6.07) is 3.60. The van der Waals surface area contributed by atoms with Gasteiger partial charge in [-0.15, -0.1) is 0 Å². The summed E-state index contributed by atoms with van der Waals surface area (Å²) in [5.41, 5.74) is 0. The molecule has 1 heterocycles. The van der Waals surface area contributed by atoms with Crippen LogP contribution in [0.15, 0.2) is 22.8 Å². The minimum atomic E-state index is -0.0665. The molecule has 20 heavy (non-hydrogen) atoms. The van der Waals surface area contributed by atoms with Crippen LogP contribution in [0.25, 0.3) is 0 Å². The van der Waals surface area contributed by atoms with Gasteiger partial charge in [-0.25, -0.2) is 0 Å². The molecule has 0 aliphatic heterocycles. The monoisotopic (exact) mass is 280 g/mol. The van der Waals surface area contributed by atoms with Gasteiger partial charge in [0.25, 0.3) is 0 Å². The lowest BCUT2D eigenvalue weighted by Gasteiger charge is -2.20. The van der Waals surface area contributed by atoms with E-state index in [0.717, 1.165) is 31.6 Å². The third-order valence-electron chi connectivity index (χ3n) is 3.13. The molecule has 0 bridgehead atoms. The van der Waals surface area contributed by atoms with Crippen LogP contribution in [0.3, 0.4) is 0 Å². The minimum Gasteiger partial charge on any atom is -0.467 e. The van der Waals surface area contributed by atoms with Crippen LogP contribution >= 0.6 is 0 Å². The number of unbranched alkanes of at least 4 members (excludes halogenated alkanes) is 2. The summed E-state index contributed by atoms with van der Waals surface area (Å²) in [5, 5.41) is 2.78. The van der Waals surface area contributed by atoms with E-state index in [1.165, 1.54) is 0 Å². The van der Waals surface area contributed by atoms with Crippen molar-refractivity contribution >= 4 is 11.8 Å². The van der Waals surface area contributed by atoms with Crippen molar-refractivity contribution in [2.24, 2.45) is 0 Å². The van der Waals surface area contributed by atoms with E-state index in [-0.39, 0.29) is 11.8 Å². The Labute approximate surface area is 120 Å². The summed E-state index contributed by atoms with van der Waals surface area (Å²) in [7, 11) is 0. The molecule has 0 radical (unpaired) electrons. The van der Waals surface area contributed by atoms with Crippen molar-refractivity contribution in [2.75, 3.05) is 13.1 Å². The molecule has 0 saturated carbocycles. The van der Waals surface area contributed by atoms with Gasteiger partial charge in [-0.1, -0.05) is 19.8 Å². The molecule has 5 heteroatoms. The molecule has 112 valence electrons. The maximum Gasteiger partial charge on any atom is 0.222 e. The van der Waals surface area contributed by atoms with E-state index in [1.54, 1.807) is 24.2 Å². The summed E-state index contributed by atoms with van der Waals surface area (Å²) in [6.07, 6.45) is 5.12. The third-order valence-corrected chi connectivity index (χ3v) is 3.13. The zero-order valence-electron chi connectivity index (χ0n) is 12.4. The lowest BCUT2D eigenvalue weighted by Crippen LogP contribution is -2.34. The Morgan fingerprint density at radius 2 is 2.10 bits per heavy atom. The number of furan rings is 1. The first kappa shape index (κ1) is 16.3. The maximum absolute atomic E-state index is 11.7. The van der Waals surface area contributed by atoms with Crippen molar-refractivity contribution in [1.82, 2.24) is 10.2 Å². The van der Waals surface area contributed by atoms with Gasteiger partial charge in [0.15, 0.2) is 0 Å². The van der Waals surface area contributed by atoms with Gasteiger partial charge in [-0.2, -0.15) is 0 Å². The number of carbonyl (C=O) groups excluding carboxylic acids is 2. The molecule has 0 aliphatic rings. The van der Waals surface area contributed by atoms with Crippen molar-refractivity contribution < 1.29 is 14.0 Å². The third kappa shape index (κ3) is 6.41. The van der Waals surface area contributed by atoms with E-state index in [0.29, 0.717) is 19.5 Å². The maximum atomic E-state index is 11.7. The molecule has 0 unspecified atom stereocenters. The van der Waals surface area contributed by atoms with Gasteiger partial charge < -0.3 is 14.6 Å². The molecule has 0 aromatic carbocycles. The van der Waals surface area contributed by atoms with Crippen LogP contribution in [0.4, 0.5) is 0 Å². The van der Waals surface area contributed by atoms with E-state index >= 15 is 0 Å². The van der Waals surface area contributed by atoms with Crippen LogP contribution in [0.1, 0.15) is 45.3 Å². The first-order valence-corrected chi connectivity index (χ1v) is 7.18. The number of rotatable bonds is 9. The first-order valence-electron chi connectivity index (χ1n) is 7.18. The number of carbonyl (C=O) groups is 2. The van der Waals surface area contributed by atoms with Crippen molar-refractivity contribution in [3.8, 4) is 0 Å². The van der Waals surface area contributed by atoms with E-state index < -0.39 is 0 Å². The fourth-order valence-corrected chi connectivity index (χ4v) is 1.90. The van der Waals surface area contributed by atoms with Gasteiger partial charge in [0.1, 0.15) is 5.76 Å². The highest BCUT2D eigenvalue weighted by Gasteiger charge is 2.10. The number of nitrogens with zero attached hydrogens (tertiary/aromatic N) is 1. The molecule has 5 nitrogen and oxygen atoms in total. The highest BCUT2D eigenvalue weighted by molar-refractivity contribution is 5.77. The SMILES string of the molecule is CCCCCN(CCC(=O)NCc1ccco1)C(C)=O. The second kappa shape index (κ2) is 9.18. The summed E-state index contributed by atoms with van der Waals surface area (Å²) in [5.74, 6) is 0.688. The smallest absolute Gasteiger partial charge is 0.222 e. The largest absolute Gasteiger partial charge is 0.467 e. The summed E-state index contributed by atoms with van der Waals surface area (Å²) in [4.78, 5) is 24.9. The Morgan fingerprint density at radius 3 is 2.70 bits per heavy atom. The fourth-order valence-electron chi connectivity index (χ4n) is 1.90. The Bertz CT molecular complexity index is 401. The summed E-state index contributed by atoms with van der Waals surface area (Å²) >= 11 is 0. The molecule has 2 amide bonds. The molecule has 0 atom stereocenters. The number of hydrogen-bond donors (Lipinski definition) is 1. The van der Waals surface area contributed by atoms with Crippen LogP contribution in [0, 0.1) is 0 Å². The van der Waals surface area contributed by atoms with Crippen LogP contribution < -0.4 is 5.32 Å². The first-order chi connectivity index (χ1) is 9.63. The van der Waals surface area contributed by atoms with Crippen LogP contribution in [-0.2, 0) is 16.1 Å². The van der Waals surface area contributed by atoms with Crippen molar-refractivity contribution in [2.45, 2.75) is 46.1 Å². The number of amides is 2. The second-order valence-corrected chi connectivity index (χ2v) is 4.82.